The molecule has 1 aromatic rings. The number of ether oxygens (including phenoxy) is 1. The van der Waals surface area contributed by atoms with Crippen LogP contribution in [0.1, 0.15) is 6.92 Å². The first-order valence-corrected chi connectivity index (χ1v) is 5.50. The van der Waals surface area contributed by atoms with Crippen LogP contribution in [0.4, 0.5) is 5.69 Å². The smallest absolute Gasteiger partial charge is 0.246 e. The molecule has 0 aliphatic carbocycles. The summed E-state index contributed by atoms with van der Waals surface area (Å²) in [6.45, 7) is 2.58. The molecule has 17 heavy (non-hydrogen) atoms. The minimum atomic E-state index is -0.147. The van der Waals surface area contributed by atoms with Crippen molar-refractivity contribution in [1.82, 2.24) is 5.32 Å². The highest BCUT2D eigenvalue weighted by Gasteiger charge is 2.24. The molecule has 0 radical (unpaired) electrons. The lowest BCUT2D eigenvalue weighted by Crippen LogP contribution is -2.51. The highest BCUT2D eigenvalue weighted by molar-refractivity contribution is 6.04. The molecule has 0 aromatic heterocycles. The van der Waals surface area contributed by atoms with E-state index in [-0.39, 0.29) is 24.9 Å². The number of rotatable bonds is 3. The molecule has 0 spiro atoms. The molecular weight excluding hydrogens is 220 g/mol. The van der Waals surface area contributed by atoms with Gasteiger partial charge in [-0.05, 0) is 19.1 Å². The molecule has 0 bridgehead atoms. The van der Waals surface area contributed by atoms with E-state index in [0.29, 0.717) is 18.0 Å². The van der Waals surface area contributed by atoms with Crippen LogP contribution in [-0.4, -0.2) is 31.5 Å². The van der Waals surface area contributed by atoms with Crippen LogP contribution in [0.5, 0.6) is 5.75 Å². The normalized spacial score (nSPS) is 15.7. The van der Waals surface area contributed by atoms with Crippen LogP contribution >= 0.6 is 0 Å². The van der Waals surface area contributed by atoms with Crippen molar-refractivity contribution in [3.05, 3.63) is 24.3 Å². The van der Waals surface area contributed by atoms with Crippen molar-refractivity contribution >= 4 is 17.5 Å². The molecule has 0 saturated carbocycles. The van der Waals surface area contributed by atoms with Crippen LogP contribution in [-0.2, 0) is 9.59 Å². The Bertz CT molecular complexity index is 445. The predicted molar refractivity (Wildman–Crippen MR) is 63.0 cm³/mol. The standard InChI is InChI=1S/C12H14N2O3/c1-2-17-10-5-3-4-9(6-10)14-8-11(15)13-7-12(14)16/h3-6H,2,7-8H2,1H3,(H,13,15). The largest absolute Gasteiger partial charge is 0.494 e. The number of anilines is 1. The zero-order valence-electron chi connectivity index (χ0n) is 9.60. The number of amides is 2. The van der Waals surface area contributed by atoms with Gasteiger partial charge in [-0.15, -0.1) is 0 Å². The van der Waals surface area contributed by atoms with Crippen molar-refractivity contribution in [2.24, 2.45) is 0 Å². The Morgan fingerprint density at radius 1 is 1.41 bits per heavy atom. The molecule has 1 saturated heterocycles. The Labute approximate surface area is 99.4 Å². The van der Waals surface area contributed by atoms with Gasteiger partial charge in [-0.1, -0.05) is 6.07 Å². The molecule has 1 fully saturated rings. The third-order valence-corrected chi connectivity index (χ3v) is 2.48. The number of nitrogens with zero attached hydrogens (tertiary/aromatic N) is 1. The summed E-state index contributed by atoms with van der Waals surface area (Å²) in [4.78, 5) is 24.4. The molecule has 0 atom stereocenters. The summed E-state index contributed by atoms with van der Waals surface area (Å²) in [5.74, 6) is 0.438. The summed E-state index contributed by atoms with van der Waals surface area (Å²) in [7, 11) is 0. The van der Waals surface area contributed by atoms with Crippen molar-refractivity contribution in [3.8, 4) is 5.75 Å². The van der Waals surface area contributed by atoms with Gasteiger partial charge in [-0.2, -0.15) is 0 Å². The summed E-state index contributed by atoms with van der Waals surface area (Å²) in [6.07, 6.45) is 0. The van der Waals surface area contributed by atoms with Gasteiger partial charge in [0.15, 0.2) is 0 Å². The van der Waals surface area contributed by atoms with E-state index in [4.69, 9.17) is 4.74 Å². The van der Waals surface area contributed by atoms with Crippen molar-refractivity contribution < 1.29 is 14.3 Å². The second kappa shape index (κ2) is 4.86. The Kier molecular flexibility index (Phi) is 3.27. The summed E-state index contributed by atoms with van der Waals surface area (Å²) in [5.41, 5.74) is 0.691. The van der Waals surface area contributed by atoms with Gasteiger partial charge in [0.25, 0.3) is 0 Å². The van der Waals surface area contributed by atoms with Gasteiger partial charge < -0.3 is 15.0 Å². The zero-order valence-corrected chi connectivity index (χ0v) is 9.60. The second-order valence-corrected chi connectivity index (χ2v) is 3.69. The molecule has 1 aromatic carbocycles. The molecular formula is C12H14N2O3. The van der Waals surface area contributed by atoms with Gasteiger partial charge in [0, 0.05) is 11.8 Å². The van der Waals surface area contributed by atoms with Crippen LogP contribution in [0.2, 0.25) is 0 Å². The predicted octanol–water partition coefficient (Wildman–Crippen LogP) is 0.548. The fourth-order valence-corrected chi connectivity index (χ4v) is 1.70. The molecule has 5 nitrogen and oxygen atoms in total. The first-order valence-electron chi connectivity index (χ1n) is 5.50. The maximum Gasteiger partial charge on any atom is 0.246 e. The van der Waals surface area contributed by atoms with Gasteiger partial charge in [-0.3, -0.25) is 9.59 Å². The maximum atomic E-state index is 11.7. The quantitative estimate of drug-likeness (QED) is 0.830. The van der Waals surface area contributed by atoms with Gasteiger partial charge >= 0.3 is 0 Å². The van der Waals surface area contributed by atoms with E-state index in [0.717, 1.165) is 0 Å². The van der Waals surface area contributed by atoms with Crippen LogP contribution in [0.25, 0.3) is 0 Å². The lowest BCUT2D eigenvalue weighted by Gasteiger charge is -2.26. The Morgan fingerprint density at radius 2 is 2.24 bits per heavy atom. The Hall–Kier alpha value is -2.04. The van der Waals surface area contributed by atoms with Crippen molar-refractivity contribution in [1.29, 1.82) is 0 Å². The Balaban J connectivity index is 2.22. The fraction of sp³-hybridized carbons (Fsp3) is 0.333. The van der Waals surface area contributed by atoms with Crippen LogP contribution in [0.3, 0.4) is 0 Å². The molecule has 90 valence electrons. The zero-order chi connectivity index (χ0) is 12.3. The van der Waals surface area contributed by atoms with Gasteiger partial charge in [0.2, 0.25) is 11.8 Å². The van der Waals surface area contributed by atoms with E-state index in [1.165, 1.54) is 4.90 Å². The highest BCUT2D eigenvalue weighted by Crippen LogP contribution is 2.21. The molecule has 1 aliphatic heterocycles. The van der Waals surface area contributed by atoms with Crippen LogP contribution < -0.4 is 15.0 Å². The van der Waals surface area contributed by atoms with Crippen molar-refractivity contribution in [3.63, 3.8) is 0 Å². The summed E-state index contributed by atoms with van der Waals surface area (Å²) in [5, 5.41) is 2.51. The first-order chi connectivity index (χ1) is 8.20. The van der Waals surface area contributed by atoms with Gasteiger partial charge in [-0.25, -0.2) is 0 Å². The average Bonchev–Trinajstić information content (AvgIpc) is 2.33. The maximum absolute atomic E-state index is 11.7. The van der Waals surface area contributed by atoms with E-state index < -0.39 is 0 Å². The van der Waals surface area contributed by atoms with Crippen molar-refractivity contribution in [2.45, 2.75) is 6.92 Å². The lowest BCUT2D eigenvalue weighted by molar-refractivity contribution is -0.128. The molecule has 1 aliphatic rings. The second-order valence-electron chi connectivity index (χ2n) is 3.69. The van der Waals surface area contributed by atoms with E-state index in [1.54, 1.807) is 18.2 Å². The summed E-state index contributed by atoms with van der Waals surface area (Å²) < 4.78 is 5.36. The van der Waals surface area contributed by atoms with E-state index in [9.17, 15) is 9.59 Å². The first kappa shape index (κ1) is 11.4. The number of nitrogens with one attached hydrogen (secondary N) is 1. The number of benzene rings is 1. The average molecular weight is 234 g/mol. The third-order valence-electron chi connectivity index (χ3n) is 2.48. The number of carbonyl (C=O) groups is 2. The minimum Gasteiger partial charge on any atom is -0.494 e. The molecule has 1 heterocycles. The summed E-state index contributed by atoms with van der Waals surface area (Å²) >= 11 is 0. The van der Waals surface area contributed by atoms with Crippen molar-refractivity contribution in [2.75, 3.05) is 24.6 Å². The fourth-order valence-electron chi connectivity index (χ4n) is 1.70. The number of carbonyl (C=O) groups excluding carboxylic acids is 2. The minimum absolute atomic E-state index is 0.0533. The third kappa shape index (κ3) is 2.55. The van der Waals surface area contributed by atoms with Gasteiger partial charge in [0.05, 0.1) is 13.2 Å². The molecule has 0 unspecified atom stereocenters. The number of piperazine rings is 1. The topological polar surface area (TPSA) is 58.6 Å². The number of hydrogen-bond donors (Lipinski definition) is 1. The van der Waals surface area contributed by atoms with Gasteiger partial charge in [0.1, 0.15) is 12.3 Å². The summed E-state index contributed by atoms with van der Waals surface area (Å²) in [6, 6.07) is 7.18. The molecule has 2 amide bonds. The monoisotopic (exact) mass is 234 g/mol. The van der Waals surface area contributed by atoms with E-state index >= 15 is 0 Å². The molecule has 2 rings (SSSR count). The van der Waals surface area contributed by atoms with Crippen LogP contribution in [0.15, 0.2) is 24.3 Å². The van der Waals surface area contributed by atoms with Crippen LogP contribution in [0, 0.1) is 0 Å². The van der Waals surface area contributed by atoms with E-state index in [2.05, 4.69) is 5.32 Å². The molecule has 1 N–H and O–H groups in total. The lowest BCUT2D eigenvalue weighted by atomic mass is 10.2. The SMILES string of the molecule is CCOc1cccc(N2CC(=O)NCC2=O)c1. The Morgan fingerprint density at radius 3 is 3.00 bits per heavy atom. The number of hydrogen-bond acceptors (Lipinski definition) is 3. The molecule has 5 heteroatoms. The van der Waals surface area contributed by atoms with E-state index in [1.807, 2.05) is 13.0 Å². The highest BCUT2D eigenvalue weighted by atomic mass is 16.5.